The number of hydrogen-bond donors (Lipinski definition) is 0. The molecule has 0 unspecified atom stereocenters. The van der Waals surface area contributed by atoms with E-state index in [9.17, 15) is 0 Å². The standard InChI is InChI=1S/C70H53N3/c1-4-6-25-53(5-2)71(54-26-10-7-11-27-54)58-42-44-67-65(47-58)66-48-59(72(55-28-12-8-13-29-55)56-30-14-9-15-31-56)43-45-68(66)73(67)57-32-22-24-52(46-57)70-63-36-20-18-34-61(63)69(62-35-19-21-37-64(62)70)51-40-38-50(39-41-51)60-33-17-16-23-49(60)3/h4-48H,2H2,1,3H3/b6-4-,53-25+. The van der Waals surface area contributed by atoms with Gasteiger partial charge in [0.05, 0.1) is 11.0 Å². The Morgan fingerprint density at radius 1 is 0.411 bits per heavy atom. The molecule has 0 aliphatic rings. The zero-order valence-corrected chi connectivity index (χ0v) is 41.0. The van der Waals surface area contributed by atoms with Crippen LogP contribution >= 0.6 is 0 Å². The predicted molar refractivity (Wildman–Crippen MR) is 313 cm³/mol. The van der Waals surface area contributed by atoms with Crippen LogP contribution in [0, 0.1) is 6.92 Å². The van der Waals surface area contributed by atoms with Gasteiger partial charge in [0.15, 0.2) is 0 Å². The van der Waals surface area contributed by atoms with Crippen molar-refractivity contribution >= 4 is 71.8 Å². The maximum atomic E-state index is 4.28. The van der Waals surface area contributed by atoms with Crippen molar-refractivity contribution in [1.29, 1.82) is 0 Å². The van der Waals surface area contributed by atoms with E-state index in [1.165, 1.54) is 54.9 Å². The van der Waals surface area contributed by atoms with Crippen LogP contribution in [0.3, 0.4) is 0 Å². The summed E-state index contributed by atoms with van der Waals surface area (Å²) in [6, 6.07) is 90.4. The van der Waals surface area contributed by atoms with Gasteiger partial charge in [0.25, 0.3) is 0 Å². The first-order chi connectivity index (χ1) is 36.1. The molecule has 0 radical (unpaired) electrons. The fourth-order valence-corrected chi connectivity index (χ4v) is 10.9. The topological polar surface area (TPSA) is 11.4 Å². The zero-order chi connectivity index (χ0) is 49.3. The number of para-hydroxylation sites is 3. The Kier molecular flexibility index (Phi) is 11.9. The lowest BCUT2D eigenvalue weighted by atomic mass is 9.85. The van der Waals surface area contributed by atoms with Crippen molar-refractivity contribution in [2.24, 2.45) is 0 Å². The molecule has 348 valence electrons. The monoisotopic (exact) mass is 935 g/mol. The van der Waals surface area contributed by atoms with Gasteiger partial charge in [-0.3, -0.25) is 0 Å². The molecule has 0 saturated heterocycles. The molecule has 0 aliphatic carbocycles. The third-order valence-electron chi connectivity index (χ3n) is 14.2. The lowest BCUT2D eigenvalue weighted by Crippen LogP contribution is -2.14. The lowest BCUT2D eigenvalue weighted by Gasteiger charge is -2.26. The Balaban J connectivity index is 1.07. The molecule has 1 heterocycles. The van der Waals surface area contributed by atoms with Crippen molar-refractivity contribution in [3.63, 3.8) is 0 Å². The SMILES string of the molecule is C=C/C(=C\C=C/C)N(c1ccccc1)c1ccc2c(c1)c1cc(N(c3ccccc3)c3ccccc3)ccc1n2-c1cccc(-c2c3ccccc3c(-c3ccc(-c4ccccc4C)cc3)c3ccccc23)c1. The Morgan fingerprint density at radius 3 is 1.47 bits per heavy atom. The summed E-state index contributed by atoms with van der Waals surface area (Å²) in [5.41, 5.74) is 18.3. The molecule has 73 heavy (non-hydrogen) atoms. The summed E-state index contributed by atoms with van der Waals surface area (Å²) >= 11 is 0. The maximum Gasteiger partial charge on any atom is 0.0542 e. The summed E-state index contributed by atoms with van der Waals surface area (Å²) in [6.45, 7) is 8.51. The zero-order valence-electron chi connectivity index (χ0n) is 41.0. The molecule has 3 heteroatoms. The molecular weight excluding hydrogens is 883 g/mol. The molecule has 0 atom stereocenters. The van der Waals surface area contributed by atoms with Gasteiger partial charge >= 0.3 is 0 Å². The molecule has 0 aliphatic heterocycles. The Morgan fingerprint density at radius 2 is 0.904 bits per heavy atom. The van der Waals surface area contributed by atoms with Gasteiger partial charge in [0.1, 0.15) is 0 Å². The summed E-state index contributed by atoms with van der Waals surface area (Å²) in [5.74, 6) is 0. The van der Waals surface area contributed by atoms with Crippen LogP contribution < -0.4 is 9.80 Å². The molecule has 0 fully saturated rings. The van der Waals surface area contributed by atoms with Gasteiger partial charge in [-0.15, -0.1) is 0 Å². The smallest absolute Gasteiger partial charge is 0.0542 e. The van der Waals surface area contributed by atoms with Crippen molar-refractivity contribution in [2.75, 3.05) is 9.80 Å². The van der Waals surface area contributed by atoms with Crippen molar-refractivity contribution in [2.45, 2.75) is 13.8 Å². The number of hydrogen-bond acceptors (Lipinski definition) is 2. The Hall–Kier alpha value is -9.44. The second kappa shape index (κ2) is 19.4. The number of nitrogens with zero attached hydrogens (tertiary/aromatic N) is 3. The fraction of sp³-hybridized carbons (Fsp3) is 0.0286. The van der Waals surface area contributed by atoms with Gasteiger partial charge in [-0.05, 0) is 171 Å². The summed E-state index contributed by atoms with van der Waals surface area (Å²) in [4.78, 5) is 4.64. The van der Waals surface area contributed by atoms with Gasteiger partial charge < -0.3 is 14.4 Å². The van der Waals surface area contributed by atoms with Gasteiger partial charge in [0.2, 0.25) is 0 Å². The predicted octanol–water partition coefficient (Wildman–Crippen LogP) is 19.7. The van der Waals surface area contributed by atoms with Gasteiger partial charge in [-0.25, -0.2) is 0 Å². The van der Waals surface area contributed by atoms with Crippen molar-refractivity contribution < 1.29 is 0 Å². The minimum atomic E-state index is 0.977. The Labute approximate surface area is 427 Å². The molecule has 0 N–H and O–H groups in total. The molecule has 11 aromatic carbocycles. The lowest BCUT2D eigenvalue weighted by molar-refractivity contribution is 1.17. The first-order valence-corrected chi connectivity index (χ1v) is 25.1. The average Bonchev–Trinajstić information content (AvgIpc) is 3.78. The molecule has 12 aromatic rings. The highest BCUT2D eigenvalue weighted by Crippen LogP contribution is 2.46. The quantitative estimate of drug-likeness (QED) is 0.0893. The molecule has 0 saturated carbocycles. The number of aromatic nitrogens is 1. The highest BCUT2D eigenvalue weighted by molar-refractivity contribution is 6.21. The van der Waals surface area contributed by atoms with Gasteiger partial charge in [-0.1, -0.05) is 183 Å². The Bertz CT molecular complexity index is 3950. The molecule has 1 aromatic heterocycles. The van der Waals surface area contributed by atoms with Crippen LogP contribution in [0.15, 0.2) is 285 Å². The van der Waals surface area contributed by atoms with E-state index in [4.69, 9.17) is 0 Å². The van der Waals surface area contributed by atoms with Crippen LogP contribution in [-0.2, 0) is 0 Å². The van der Waals surface area contributed by atoms with Crippen LogP contribution in [0.25, 0.3) is 82.4 Å². The summed E-state index contributed by atoms with van der Waals surface area (Å²) in [6.07, 6.45) is 8.18. The third-order valence-corrected chi connectivity index (χ3v) is 14.2. The normalized spacial score (nSPS) is 11.8. The average molecular weight is 936 g/mol. The van der Waals surface area contributed by atoms with E-state index >= 15 is 0 Å². The first-order valence-electron chi connectivity index (χ1n) is 25.1. The minimum absolute atomic E-state index is 0.977. The van der Waals surface area contributed by atoms with E-state index < -0.39 is 0 Å². The van der Waals surface area contributed by atoms with E-state index in [1.807, 2.05) is 13.0 Å². The van der Waals surface area contributed by atoms with E-state index in [0.29, 0.717) is 0 Å². The minimum Gasteiger partial charge on any atom is -0.311 e. The van der Waals surface area contributed by atoms with Crippen LogP contribution in [0.4, 0.5) is 28.4 Å². The highest BCUT2D eigenvalue weighted by atomic mass is 15.2. The van der Waals surface area contributed by atoms with Crippen LogP contribution in [0.5, 0.6) is 0 Å². The van der Waals surface area contributed by atoms with Crippen LogP contribution in [0.1, 0.15) is 12.5 Å². The molecular formula is C70H53N3. The molecule has 0 spiro atoms. The van der Waals surface area contributed by atoms with Crippen molar-refractivity contribution in [3.8, 4) is 39.1 Å². The largest absolute Gasteiger partial charge is 0.311 e. The molecule has 3 nitrogen and oxygen atoms in total. The van der Waals surface area contributed by atoms with E-state index in [1.54, 1.807) is 0 Å². The number of rotatable bonds is 12. The number of allylic oxidation sites excluding steroid dienone is 4. The summed E-state index contributed by atoms with van der Waals surface area (Å²) in [5, 5.41) is 7.20. The van der Waals surface area contributed by atoms with E-state index in [-0.39, 0.29) is 0 Å². The number of benzene rings is 11. The fourth-order valence-electron chi connectivity index (χ4n) is 10.9. The number of fused-ring (bicyclic) bond motifs is 5. The first kappa shape index (κ1) is 44.7. The highest BCUT2D eigenvalue weighted by Gasteiger charge is 2.22. The van der Waals surface area contributed by atoms with E-state index in [0.717, 1.165) is 67.2 Å². The van der Waals surface area contributed by atoms with Crippen molar-refractivity contribution in [3.05, 3.63) is 291 Å². The maximum absolute atomic E-state index is 4.28. The number of anilines is 5. The third kappa shape index (κ3) is 8.17. The van der Waals surface area contributed by atoms with Gasteiger partial charge in [0, 0.05) is 50.6 Å². The van der Waals surface area contributed by atoms with Crippen molar-refractivity contribution in [1.82, 2.24) is 4.57 Å². The molecule has 0 amide bonds. The van der Waals surface area contributed by atoms with Gasteiger partial charge in [-0.2, -0.15) is 0 Å². The van der Waals surface area contributed by atoms with E-state index in [2.05, 4.69) is 295 Å². The number of aryl methyl sites for hydroxylation is 1. The van der Waals surface area contributed by atoms with Crippen LogP contribution in [0.2, 0.25) is 0 Å². The summed E-state index contributed by atoms with van der Waals surface area (Å²) < 4.78 is 2.45. The molecule has 12 rings (SSSR count). The summed E-state index contributed by atoms with van der Waals surface area (Å²) in [7, 11) is 0. The second-order valence-electron chi connectivity index (χ2n) is 18.5. The molecule has 0 bridgehead atoms. The second-order valence-corrected chi connectivity index (χ2v) is 18.5. The van der Waals surface area contributed by atoms with Crippen LogP contribution in [-0.4, -0.2) is 4.57 Å².